The van der Waals surface area contributed by atoms with Gasteiger partial charge < -0.3 is 14.8 Å². The van der Waals surface area contributed by atoms with Crippen LogP contribution in [0.1, 0.15) is 19.3 Å². The molecule has 1 amide bonds. The van der Waals surface area contributed by atoms with Gasteiger partial charge in [0.15, 0.2) is 0 Å². The van der Waals surface area contributed by atoms with E-state index in [1.165, 1.54) is 0 Å². The molecule has 1 fully saturated rings. The summed E-state index contributed by atoms with van der Waals surface area (Å²) in [6, 6.07) is 2.10. The van der Waals surface area contributed by atoms with Crippen molar-refractivity contribution in [3.8, 4) is 6.07 Å². The second-order valence-electron chi connectivity index (χ2n) is 4.07. The number of carbonyl (C=O) groups excluding carboxylic acids is 1. The molecule has 0 aromatic rings. The van der Waals surface area contributed by atoms with Crippen LogP contribution in [0.5, 0.6) is 0 Å². The number of amides is 1. The Kier molecular flexibility index (Phi) is 4.71. The maximum absolute atomic E-state index is 11.8. The molecule has 0 radical (unpaired) electrons. The minimum atomic E-state index is -0.786. The van der Waals surface area contributed by atoms with Crippen LogP contribution in [0.2, 0.25) is 0 Å². The molecule has 1 rings (SSSR count). The molecule has 0 aliphatic heterocycles. The molecule has 0 bridgehead atoms. The highest BCUT2D eigenvalue weighted by molar-refractivity contribution is 5.86. The third-order valence-corrected chi connectivity index (χ3v) is 3.03. The van der Waals surface area contributed by atoms with E-state index in [0.29, 0.717) is 26.0 Å². The first-order valence-electron chi connectivity index (χ1n) is 5.40. The van der Waals surface area contributed by atoms with Gasteiger partial charge in [-0.3, -0.25) is 4.79 Å². The fraction of sp³-hybridized carbons (Fsp3) is 0.818. The molecule has 1 unspecified atom stereocenters. The molecule has 16 heavy (non-hydrogen) atoms. The number of nitrogens with one attached hydrogen (secondary N) is 1. The van der Waals surface area contributed by atoms with Crippen molar-refractivity contribution in [3.63, 3.8) is 0 Å². The summed E-state index contributed by atoms with van der Waals surface area (Å²) in [6.45, 7) is 0.808. The van der Waals surface area contributed by atoms with E-state index in [4.69, 9.17) is 14.7 Å². The summed E-state index contributed by atoms with van der Waals surface area (Å²) >= 11 is 0. The molecule has 0 heterocycles. The maximum Gasteiger partial charge on any atom is 0.240 e. The Labute approximate surface area is 95.7 Å². The second-order valence-corrected chi connectivity index (χ2v) is 4.07. The first-order valence-corrected chi connectivity index (χ1v) is 5.40. The topological polar surface area (TPSA) is 71.3 Å². The Balaban J connectivity index is 2.37. The van der Waals surface area contributed by atoms with Crippen LogP contribution in [0.3, 0.4) is 0 Å². The van der Waals surface area contributed by atoms with E-state index in [9.17, 15) is 4.79 Å². The van der Waals surface area contributed by atoms with E-state index in [0.717, 1.165) is 6.42 Å². The number of nitrogens with zero attached hydrogens (tertiary/aromatic N) is 1. The summed E-state index contributed by atoms with van der Waals surface area (Å²) in [7, 11) is 3.15. The predicted octanol–water partition coefficient (Wildman–Crippen LogP) is 0.458. The molecule has 0 saturated heterocycles. The zero-order chi connectivity index (χ0) is 12.0. The van der Waals surface area contributed by atoms with Gasteiger partial charge in [-0.1, -0.05) is 0 Å². The lowest BCUT2D eigenvalue weighted by molar-refractivity contribution is -0.132. The summed E-state index contributed by atoms with van der Waals surface area (Å²) in [5.41, 5.74) is -0.786. The first-order chi connectivity index (χ1) is 7.68. The van der Waals surface area contributed by atoms with Crippen molar-refractivity contribution in [1.29, 1.82) is 5.26 Å². The third kappa shape index (κ3) is 2.71. The van der Waals surface area contributed by atoms with Gasteiger partial charge in [-0.25, -0.2) is 0 Å². The first kappa shape index (κ1) is 12.9. The molecule has 90 valence electrons. The molecule has 5 heteroatoms. The summed E-state index contributed by atoms with van der Waals surface area (Å²) in [4.78, 5) is 11.8. The van der Waals surface area contributed by atoms with E-state index in [2.05, 4.69) is 11.4 Å². The van der Waals surface area contributed by atoms with Crippen molar-refractivity contribution < 1.29 is 14.3 Å². The smallest absolute Gasteiger partial charge is 0.240 e. The Morgan fingerprint density at radius 3 is 2.62 bits per heavy atom. The summed E-state index contributed by atoms with van der Waals surface area (Å²) in [5, 5.41) is 11.7. The fourth-order valence-corrected chi connectivity index (χ4v) is 1.69. The van der Waals surface area contributed by atoms with Crippen molar-refractivity contribution in [2.45, 2.75) is 25.4 Å². The monoisotopic (exact) mass is 226 g/mol. The van der Waals surface area contributed by atoms with E-state index < -0.39 is 5.41 Å². The number of rotatable bonds is 6. The van der Waals surface area contributed by atoms with Gasteiger partial charge in [-0.2, -0.15) is 5.26 Å². The van der Waals surface area contributed by atoms with Gasteiger partial charge in [0, 0.05) is 20.8 Å². The normalized spacial score (nSPS) is 19.3. The van der Waals surface area contributed by atoms with Gasteiger partial charge in [0.25, 0.3) is 0 Å². The van der Waals surface area contributed by atoms with Gasteiger partial charge in [0.1, 0.15) is 5.41 Å². The van der Waals surface area contributed by atoms with E-state index in [-0.39, 0.29) is 12.0 Å². The average Bonchev–Trinajstić information content (AvgIpc) is 2.23. The lowest BCUT2D eigenvalue weighted by Crippen LogP contribution is -2.47. The molecule has 1 N–H and O–H groups in total. The molecule has 1 saturated carbocycles. The lowest BCUT2D eigenvalue weighted by atomic mass is 9.69. The molecule has 0 spiro atoms. The highest BCUT2D eigenvalue weighted by atomic mass is 16.5. The quantitative estimate of drug-likeness (QED) is 0.714. The molecule has 1 aliphatic carbocycles. The van der Waals surface area contributed by atoms with E-state index >= 15 is 0 Å². The van der Waals surface area contributed by atoms with Crippen LogP contribution in [0, 0.1) is 16.7 Å². The van der Waals surface area contributed by atoms with Crippen molar-refractivity contribution >= 4 is 5.91 Å². The van der Waals surface area contributed by atoms with Crippen molar-refractivity contribution in [2.24, 2.45) is 5.41 Å². The zero-order valence-electron chi connectivity index (χ0n) is 9.78. The van der Waals surface area contributed by atoms with E-state index in [1.807, 2.05) is 0 Å². The number of nitriles is 1. The largest absolute Gasteiger partial charge is 0.382 e. The Hall–Kier alpha value is -1.12. The fourth-order valence-electron chi connectivity index (χ4n) is 1.69. The molecule has 0 aromatic heterocycles. The lowest BCUT2D eigenvalue weighted by Gasteiger charge is -2.33. The number of methoxy groups -OCH3 is 2. The highest BCUT2D eigenvalue weighted by Crippen LogP contribution is 2.40. The standard InChI is InChI=1S/C11H18N2O3/c1-15-7-9(16-2)6-13-10(14)11(8-12)4-3-5-11/h9H,3-7H2,1-2H3,(H,13,14). The van der Waals surface area contributed by atoms with Crippen LogP contribution in [-0.2, 0) is 14.3 Å². The van der Waals surface area contributed by atoms with Gasteiger partial charge in [0.05, 0.1) is 18.8 Å². The zero-order valence-corrected chi connectivity index (χ0v) is 9.78. The molecular weight excluding hydrogens is 208 g/mol. The highest BCUT2D eigenvalue weighted by Gasteiger charge is 2.44. The van der Waals surface area contributed by atoms with Crippen molar-refractivity contribution in [1.82, 2.24) is 5.32 Å². The minimum Gasteiger partial charge on any atom is -0.382 e. The molecular formula is C11H18N2O3. The van der Waals surface area contributed by atoms with Crippen LogP contribution in [0.4, 0.5) is 0 Å². The number of hydrogen-bond donors (Lipinski definition) is 1. The molecule has 0 aromatic carbocycles. The van der Waals surface area contributed by atoms with Crippen LogP contribution in [0.25, 0.3) is 0 Å². The van der Waals surface area contributed by atoms with E-state index in [1.54, 1.807) is 14.2 Å². The minimum absolute atomic E-state index is 0.162. The van der Waals surface area contributed by atoms with Crippen molar-refractivity contribution in [2.75, 3.05) is 27.4 Å². The van der Waals surface area contributed by atoms with Crippen LogP contribution >= 0.6 is 0 Å². The second kappa shape index (κ2) is 5.83. The summed E-state index contributed by atoms with van der Waals surface area (Å²) in [5.74, 6) is -0.181. The Bertz CT molecular complexity index is 281. The average molecular weight is 226 g/mol. The molecule has 1 atom stereocenters. The Morgan fingerprint density at radius 2 is 2.25 bits per heavy atom. The maximum atomic E-state index is 11.8. The van der Waals surface area contributed by atoms with Gasteiger partial charge in [0.2, 0.25) is 5.91 Å². The summed E-state index contributed by atoms with van der Waals surface area (Å²) < 4.78 is 10.1. The summed E-state index contributed by atoms with van der Waals surface area (Å²) in [6.07, 6.45) is 2.12. The van der Waals surface area contributed by atoms with Gasteiger partial charge >= 0.3 is 0 Å². The third-order valence-electron chi connectivity index (χ3n) is 3.03. The van der Waals surface area contributed by atoms with Gasteiger partial charge in [-0.15, -0.1) is 0 Å². The number of ether oxygens (including phenoxy) is 2. The molecule has 5 nitrogen and oxygen atoms in total. The molecule has 1 aliphatic rings. The number of carbonyl (C=O) groups is 1. The van der Waals surface area contributed by atoms with Crippen LogP contribution in [-0.4, -0.2) is 39.4 Å². The predicted molar refractivity (Wildman–Crippen MR) is 57.6 cm³/mol. The SMILES string of the molecule is COCC(CNC(=O)C1(C#N)CCC1)OC. The Morgan fingerprint density at radius 1 is 1.56 bits per heavy atom. The van der Waals surface area contributed by atoms with Crippen LogP contribution in [0.15, 0.2) is 0 Å². The van der Waals surface area contributed by atoms with Crippen LogP contribution < -0.4 is 5.32 Å². The van der Waals surface area contributed by atoms with Gasteiger partial charge in [-0.05, 0) is 19.3 Å². The van der Waals surface area contributed by atoms with Crippen molar-refractivity contribution in [3.05, 3.63) is 0 Å². The number of hydrogen-bond acceptors (Lipinski definition) is 4.